The minimum atomic E-state index is -3.26. The molecular formula is C18H22ClN3O3S. The Balaban J connectivity index is 2.07. The second-order valence-electron chi connectivity index (χ2n) is 5.99. The number of benzene rings is 1. The predicted octanol–water partition coefficient (Wildman–Crippen LogP) is 3.70. The van der Waals surface area contributed by atoms with Gasteiger partial charge in [0.1, 0.15) is 5.15 Å². The Kier molecular flexibility index (Phi) is 6.61. The number of sulfone groups is 1. The molecule has 0 atom stereocenters. The average molecular weight is 396 g/mol. The zero-order chi connectivity index (χ0) is 19.3. The number of unbranched alkanes of at least 4 members (excludes halogenated alkanes) is 1. The Morgan fingerprint density at radius 3 is 2.54 bits per heavy atom. The SMILES string of the molecule is CCCCn1nc(C)c(/C=C/C(=O)Nc2ccc(S(C)(=O)=O)cc2)c1Cl. The Morgan fingerprint density at radius 2 is 1.96 bits per heavy atom. The van der Waals surface area contributed by atoms with Crippen molar-refractivity contribution in [2.45, 2.75) is 38.1 Å². The van der Waals surface area contributed by atoms with Crippen LogP contribution in [0.3, 0.4) is 0 Å². The summed E-state index contributed by atoms with van der Waals surface area (Å²) in [5.74, 6) is -0.339. The number of halogens is 1. The van der Waals surface area contributed by atoms with Crippen molar-refractivity contribution in [3.05, 3.63) is 46.8 Å². The molecule has 26 heavy (non-hydrogen) atoms. The number of anilines is 1. The van der Waals surface area contributed by atoms with E-state index in [1.165, 1.54) is 18.2 Å². The van der Waals surface area contributed by atoms with E-state index in [0.29, 0.717) is 16.4 Å². The first kappa shape index (κ1) is 20.2. The summed E-state index contributed by atoms with van der Waals surface area (Å²) in [5, 5.41) is 7.58. The van der Waals surface area contributed by atoms with Gasteiger partial charge in [0.15, 0.2) is 9.84 Å². The Hall–Kier alpha value is -2.12. The minimum absolute atomic E-state index is 0.202. The van der Waals surface area contributed by atoms with E-state index in [-0.39, 0.29) is 10.8 Å². The number of nitrogens with one attached hydrogen (secondary N) is 1. The maximum absolute atomic E-state index is 12.1. The molecule has 0 saturated carbocycles. The molecule has 140 valence electrons. The number of aromatic nitrogens is 2. The first-order valence-corrected chi connectivity index (χ1v) is 10.5. The lowest BCUT2D eigenvalue weighted by atomic mass is 10.2. The van der Waals surface area contributed by atoms with Crippen molar-refractivity contribution in [3.63, 3.8) is 0 Å². The van der Waals surface area contributed by atoms with Gasteiger partial charge in [-0.25, -0.2) is 8.42 Å². The number of carbonyl (C=O) groups is 1. The Labute approximate surface area is 158 Å². The number of carbonyl (C=O) groups excluding carboxylic acids is 1. The molecule has 2 aromatic rings. The van der Waals surface area contributed by atoms with Crippen molar-refractivity contribution in [1.29, 1.82) is 0 Å². The van der Waals surface area contributed by atoms with Crippen molar-refractivity contribution in [2.75, 3.05) is 11.6 Å². The van der Waals surface area contributed by atoms with Crippen molar-refractivity contribution < 1.29 is 13.2 Å². The largest absolute Gasteiger partial charge is 0.323 e. The number of nitrogens with zero attached hydrogens (tertiary/aromatic N) is 2. The van der Waals surface area contributed by atoms with Crippen LogP contribution < -0.4 is 5.32 Å². The summed E-state index contributed by atoms with van der Waals surface area (Å²) in [4.78, 5) is 12.3. The van der Waals surface area contributed by atoms with Crippen LogP contribution in [0.15, 0.2) is 35.2 Å². The predicted molar refractivity (Wildman–Crippen MR) is 104 cm³/mol. The summed E-state index contributed by atoms with van der Waals surface area (Å²) in [7, 11) is -3.26. The van der Waals surface area contributed by atoms with Gasteiger partial charge in [-0.1, -0.05) is 24.9 Å². The van der Waals surface area contributed by atoms with Crippen molar-refractivity contribution in [1.82, 2.24) is 9.78 Å². The lowest BCUT2D eigenvalue weighted by Gasteiger charge is -2.03. The highest BCUT2D eigenvalue weighted by Crippen LogP contribution is 2.22. The molecule has 8 heteroatoms. The molecule has 0 bridgehead atoms. The maximum atomic E-state index is 12.1. The molecule has 0 spiro atoms. The van der Waals surface area contributed by atoms with Crippen molar-refractivity contribution >= 4 is 39.1 Å². The Morgan fingerprint density at radius 1 is 1.31 bits per heavy atom. The topological polar surface area (TPSA) is 81.1 Å². The van der Waals surface area contributed by atoms with Gasteiger partial charge in [0.05, 0.1) is 10.6 Å². The number of hydrogen-bond donors (Lipinski definition) is 1. The smallest absolute Gasteiger partial charge is 0.248 e. The van der Waals surface area contributed by atoms with Gasteiger partial charge in [0.2, 0.25) is 5.91 Å². The second-order valence-corrected chi connectivity index (χ2v) is 8.36. The van der Waals surface area contributed by atoms with Gasteiger partial charge < -0.3 is 5.32 Å². The van der Waals surface area contributed by atoms with Crippen molar-refractivity contribution in [2.24, 2.45) is 0 Å². The summed E-state index contributed by atoms with van der Waals surface area (Å²) in [6.07, 6.45) is 6.17. The van der Waals surface area contributed by atoms with Crippen molar-refractivity contribution in [3.8, 4) is 0 Å². The van der Waals surface area contributed by atoms with Gasteiger partial charge in [0.25, 0.3) is 0 Å². The molecule has 0 unspecified atom stereocenters. The van der Waals surface area contributed by atoms with E-state index in [1.54, 1.807) is 22.9 Å². The molecule has 0 fully saturated rings. The number of amides is 1. The molecule has 0 aliphatic rings. The average Bonchev–Trinajstić information content (AvgIpc) is 2.84. The zero-order valence-electron chi connectivity index (χ0n) is 15.0. The molecule has 0 aliphatic carbocycles. The number of rotatable bonds is 7. The van der Waals surface area contributed by atoms with Crippen LogP contribution in [-0.2, 0) is 21.2 Å². The molecular weight excluding hydrogens is 374 g/mol. The fraction of sp³-hybridized carbons (Fsp3) is 0.333. The molecule has 0 saturated heterocycles. The first-order valence-electron chi connectivity index (χ1n) is 8.24. The van der Waals surface area contributed by atoms with Crippen LogP contribution >= 0.6 is 11.6 Å². The van der Waals surface area contributed by atoms with Crippen LogP contribution in [0.1, 0.15) is 31.0 Å². The summed E-state index contributed by atoms with van der Waals surface area (Å²) < 4.78 is 24.6. The van der Waals surface area contributed by atoms with Gasteiger partial charge in [-0.05, 0) is 43.7 Å². The van der Waals surface area contributed by atoms with Crippen LogP contribution in [0.25, 0.3) is 6.08 Å². The van der Waals surface area contributed by atoms with Crippen LogP contribution in [-0.4, -0.2) is 30.4 Å². The van der Waals surface area contributed by atoms with E-state index in [1.807, 2.05) is 6.92 Å². The molecule has 0 radical (unpaired) electrons. The van der Waals surface area contributed by atoms with Crippen LogP contribution in [0.5, 0.6) is 0 Å². The lowest BCUT2D eigenvalue weighted by molar-refractivity contribution is -0.111. The van der Waals surface area contributed by atoms with Crippen LogP contribution in [0.2, 0.25) is 5.15 Å². The molecule has 2 rings (SSSR count). The molecule has 6 nitrogen and oxygen atoms in total. The van der Waals surface area contributed by atoms with E-state index in [9.17, 15) is 13.2 Å². The highest BCUT2D eigenvalue weighted by molar-refractivity contribution is 7.90. The molecule has 1 heterocycles. The van der Waals surface area contributed by atoms with E-state index < -0.39 is 9.84 Å². The molecule has 0 aliphatic heterocycles. The first-order chi connectivity index (χ1) is 12.2. The third-order valence-electron chi connectivity index (χ3n) is 3.78. The summed E-state index contributed by atoms with van der Waals surface area (Å²) >= 11 is 6.33. The van der Waals surface area contributed by atoms with Gasteiger partial charge in [-0.3, -0.25) is 9.48 Å². The Bertz CT molecular complexity index is 916. The van der Waals surface area contributed by atoms with Gasteiger partial charge in [-0.2, -0.15) is 5.10 Å². The molecule has 1 amide bonds. The fourth-order valence-corrected chi connectivity index (χ4v) is 3.29. The summed E-state index contributed by atoms with van der Waals surface area (Å²) in [5.41, 5.74) is 1.98. The minimum Gasteiger partial charge on any atom is -0.323 e. The summed E-state index contributed by atoms with van der Waals surface area (Å²) in [6, 6.07) is 5.99. The highest BCUT2D eigenvalue weighted by atomic mass is 35.5. The highest BCUT2D eigenvalue weighted by Gasteiger charge is 2.11. The molecule has 1 aromatic carbocycles. The van der Waals surface area contributed by atoms with Crippen LogP contribution in [0, 0.1) is 6.92 Å². The van der Waals surface area contributed by atoms with Gasteiger partial charge >= 0.3 is 0 Å². The normalized spacial score (nSPS) is 11.8. The maximum Gasteiger partial charge on any atom is 0.248 e. The monoisotopic (exact) mass is 395 g/mol. The standard InChI is InChI=1S/C18H22ClN3O3S/c1-4-5-12-22-18(19)16(13(2)21-22)10-11-17(23)20-14-6-8-15(9-7-14)26(3,24)25/h6-11H,4-5,12H2,1-3H3,(H,20,23)/b11-10+. The zero-order valence-corrected chi connectivity index (χ0v) is 16.6. The number of hydrogen-bond acceptors (Lipinski definition) is 4. The quantitative estimate of drug-likeness (QED) is 0.724. The summed E-state index contributed by atoms with van der Waals surface area (Å²) in [6.45, 7) is 4.68. The fourth-order valence-electron chi connectivity index (χ4n) is 2.34. The van der Waals surface area contributed by atoms with Crippen LogP contribution in [0.4, 0.5) is 5.69 Å². The molecule has 1 aromatic heterocycles. The van der Waals surface area contributed by atoms with E-state index >= 15 is 0 Å². The molecule has 1 N–H and O–H groups in total. The second kappa shape index (κ2) is 8.51. The van der Waals surface area contributed by atoms with E-state index in [2.05, 4.69) is 17.3 Å². The number of aryl methyl sites for hydroxylation is 2. The van der Waals surface area contributed by atoms with Gasteiger partial charge in [-0.15, -0.1) is 0 Å². The third-order valence-corrected chi connectivity index (χ3v) is 5.31. The van der Waals surface area contributed by atoms with Gasteiger partial charge in [0, 0.05) is 30.1 Å². The van der Waals surface area contributed by atoms with E-state index in [0.717, 1.165) is 31.3 Å². The third kappa shape index (κ3) is 5.19. The van der Waals surface area contributed by atoms with E-state index in [4.69, 9.17) is 11.6 Å². The lowest BCUT2D eigenvalue weighted by Crippen LogP contribution is -2.08.